The Morgan fingerprint density at radius 2 is 2.05 bits per heavy atom. The minimum Gasteiger partial charge on any atom is -0.319 e. The van der Waals surface area contributed by atoms with Gasteiger partial charge < -0.3 is 5.32 Å². The summed E-state index contributed by atoms with van der Waals surface area (Å²) >= 11 is 3.15. The quantitative estimate of drug-likeness (QED) is 0.668. The lowest BCUT2D eigenvalue weighted by Crippen LogP contribution is -2.15. The largest absolute Gasteiger partial charge is 0.319 e. The number of nitrogens with zero attached hydrogens (tertiary/aromatic N) is 1. The maximum atomic E-state index is 13.7. The van der Waals surface area contributed by atoms with Gasteiger partial charge in [0.15, 0.2) is 0 Å². The molecule has 5 nitrogen and oxygen atoms in total. The van der Waals surface area contributed by atoms with E-state index in [1.54, 1.807) is 13.0 Å². The summed E-state index contributed by atoms with van der Waals surface area (Å²) in [5.74, 6) is -1.19. The maximum Gasteiger partial charge on any atom is 0.270 e. The zero-order chi connectivity index (χ0) is 15.6. The van der Waals surface area contributed by atoms with Gasteiger partial charge in [0.05, 0.1) is 16.2 Å². The Balaban J connectivity index is 2.37. The number of carbonyl (C=O) groups excluding carboxylic acids is 1. The number of nitrogens with one attached hydrogen (secondary N) is 1. The molecule has 0 heterocycles. The molecule has 2 rings (SSSR count). The van der Waals surface area contributed by atoms with Gasteiger partial charge in [-0.2, -0.15) is 0 Å². The van der Waals surface area contributed by atoms with Crippen LogP contribution in [0, 0.1) is 22.9 Å². The first kappa shape index (κ1) is 15.1. The van der Waals surface area contributed by atoms with Crippen LogP contribution in [0.3, 0.4) is 0 Å². The van der Waals surface area contributed by atoms with E-state index in [1.165, 1.54) is 24.3 Å². The molecule has 21 heavy (non-hydrogen) atoms. The molecule has 2 aromatic carbocycles. The smallest absolute Gasteiger partial charge is 0.270 e. The van der Waals surface area contributed by atoms with Crippen LogP contribution >= 0.6 is 15.9 Å². The number of hydrogen-bond donors (Lipinski definition) is 1. The fourth-order valence-corrected chi connectivity index (χ4v) is 2.20. The molecule has 108 valence electrons. The fraction of sp³-hybridized carbons (Fsp3) is 0.0714. The van der Waals surface area contributed by atoms with Crippen molar-refractivity contribution < 1.29 is 14.1 Å². The van der Waals surface area contributed by atoms with Gasteiger partial charge in [-0.05, 0) is 40.5 Å². The van der Waals surface area contributed by atoms with Gasteiger partial charge in [-0.25, -0.2) is 4.39 Å². The molecule has 0 fully saturated rings. The predicted molar refractivity (Wildman–Crippen MR) is 79.9 cm³/mol. The van der Waals surface area contributed by atoms with Crippen molar-refractivity contribution in [2.45, 2.75) is 6.92 Å². The summed E-state index contributed by atoms with van der Waals surface area (Å²) < 4.78 is 14.1. The highest BCUT2D eigenvalue weighted by Gasteiger charge is 2.17. The number of benzene rings is 2. The van der Waals surface area contributed by atoms with E-state index in [9.17, 15) is 19.3 Å². The average molecular weight is 353 g/mol. The number of carbonyl (C=O) groups is 1. The van der Waals surface area contributed by atoms with E-state index < -0.39 is 16.6 Å². The second kappa shape index (κ2) is 6.01. The van der Waals surface area contributed by atoms with Gasteiger partial charge in [0.1, 0.15) is 5.82 Å². The van der Waals surface area contributed by atoms with Crippen molar-refractivity contribution in [3.05, 3.63) is 67.9 Å². The molecule has 0 aliphatic heterocycles. The highest BCUT2D eigenvalue weighted by molar-refractivity contribution is 9.10. The van der Waals surface area contributed by atoms with Crippen molar-refractivity contribution in [3.8, 4) is 0 Å². The number of aryl methyl sites for hydroxylation is 1. The summed E-state index contributed by atoms with van der Waals surface area (Å²) in [4.78, 5) is 22.3. The van der Waals surface area contributed by atoms with E-state index in [0.29, 0.717) is 10.0 Å². The topological polar surface area (TPSA) is 72.2 Å². The van der Waals surface area contributed by atoms with Crippen molar-refractivity contribution in [2.24, 2.45) is 0 Å². The molecule has 2 aromatic rings. The average Bonchev–Trinajstić information content (AvgIpc) is 2.43. The minimum atomic E-state index is -0.626. The van der Waals surface area contributed by atoms with Crippen molar-refractivity contribution in [1.82, 2.24) is 0 Å². The molecule has 0 saturated carbocycles. The first-order valence-corrected chi connectivity index (χ1v) is 6.70. The molecule has 0 bridgehead atoms. The maximum absolute atomic E-state index is 13.7. The molecular formula is C14H10BrFN2O3. The summed E-state index contributed by atoms with van der Waals surface area (Å²) in [6.07, 6.45) is 0. The number of non-ortho nitro benzene ring substituents is 1. The fourth-order valence-electron chi connectivity index (χ4n) is 1.77. The number of hydrogen-bond acceptors (Lipinski definition) is 3. The highest BCUT2D eigenvalue weighted by Crippen LogP contribution is 2.25. The molecule has 0 atom stereocenters. The molecule has 0 spiro atoms. The lowest BCUT2D eigenvalue weighted by molar-refractivity contribution is -0.384. The first-order valence-electron chi connectivity index (χ1n) is 5.90. The molecule has 7 heteroatoms. The molecule has 0 aliphatic rings. The number of nitro groups is 1. The number of nitro benzene ring substituents is 1. The summed E-state index contributed by atoms with van der Waals surface area (Å²) in [6, 6.07) is 8.22. The van der Waals surface area contributed by atoms with Crippen LogP contribution in [0.1, 0.15) is 15.9 Å². The molecule has 1 amide bonds. The lowest BCUT2D eigenvalue weighted by Gasteiger charge is -2.10. The van der Waals surface area contributed by atoms with E-state index in [1.807, 2.05) is 0 Å². The summed E-state index contributed by atoms with van der Waals surface area (Å²) in [5.41, 5.74) is 0.464. The van der Waals surface area contributed by atoms with E-state index in [-0.39, 0.29) is 16.9 Å². The van der Waals surface area contributed by atoms with Gasteiger partial charge in [0.25, 0.3) is 11.6 Å². The molecule has 0 aliphatic carbocycles. The second-order valence-electron chi connectivity index (χ2n) is 4.31. The predicted octanol–water partition coefficient (Wildman–Crippen LogP) is 4.06. The molecular weight excluding hydrogens is 343 g/mol. The Morgan fingerprint density at radius 3 is 2.67 bits per heavy atom. The molecule has 0 unspecified atom stereocenters. The molecule has 0 radical (unpaired) electrons. The summed E-state index contributed by atoms with van der Waals surface area (Å²) in [5, 5.41) is 13.2. The van der Waals surface area contributed by atoms with Gasteiger partial charge in [-0.15, -0.1) is 0 Å². The van der Waals surface area contributed by atoms with Crippen LogP contribution in [0.2, 0.25) is 0 Å². The third-order valence-electron chi connectivity index (χ3n) is 2.87. The normalized spacial score (nSPS) is 10.2. The van der Waals surface area contributed by atoms with Gasteiger partial charge in [-0.1, -0.05) is 12.1 Å². The van der Waals surface area contributed by atoms with Crippen molar-refractivity contribution in [2.75, 3.05) is 5.32 Å². The Labute approximate surface area is 128 Å². The van der Waals surface area contributed by atoms with E-state index in [2.05, 4.69) is 21.2 Å². The monoisotopic (exact) mass is 352 g/mol. The van der Waals surface area contributed by atoms with Crippen LogP contribution < -0.4 is 5.32 Å². The van der Waals surface area contributed by atoms with Crippen molar-refractivity contribution >= 4 is 33.2 Å². The SMILES string of the molecule is Cc1cccc(F)c1NC(=O)c1cc([N+](=O)[O-])ccc1Br. The van der Waals surface area contributed by atoms with Gasteiger partial charge in [-0.3, -0.25) is 14.9 Å². The zero-order valence-corrected chi connectivity index (χ0v) is 12.5. The van der Waals surface area contributed by atoms with Crippen LogP contribution in [-0.2, 0) is 0 Å². The van der Waals surface area contributed by atoms with Crippen LogP contribution in [-0.4, -0.2) is 10.8 Å². The van der Waals surface area contributed by atoms with Crippen LogP contribution in [0.4, 0.5) is 15.8 Å². The molecule has 0 saturated heterocycles. The van der Waals surface area contributed by atoms with E-state index in [0.717, 1.165) is 6.07 Å². The Hall–Kier alpha value is -2.28. The Kier molecular flexibility index (Phi) is 4.32. The summed E-state index contributed by atoms with van der Waals surface area (Å²) in [6.45, 7) is 1.65. The lowest BCUT2D eigenvalue weighted by atomic mass is 10.1. The number of rotatable bonds is 3. The number of amides is 1. The minimum absolute atomic E-state index is 0.0564. The number of anilines is 1. The first-order chi connectivity index (χ1) is 9.90. The Bertz CT molecular complexity index is 714. The van der Waals surface area contributed by atoms with Crippen molar-refractivity contribution in [1.29, 1.82) is 0 Å². The van der Waals surface area contributed by atoms with Gasteiger partial charge >= 0.3 is 0 Å². The standard InChI is InChI=1S/C14H10BrFN2O3/c1-8-3-2-4-12(16)13(8)17-14(19)10-7-9(18(20)21)5-6-11(10)15/h2-7H,1H3,(H,17,19). The van der Waals surface area contributed by atoms with Gasteiger partial charge in [0.2, 0.25) is 0 Å². The highest BCUT2D eigenvalue weighted by atomic mass is 79.9. The third kappa shape index (κ3) is 3.25. The van der Waals surface area contributed by atoms with Crippen molar-refractivity contribution in [3.63, 3.8) is 0 Å². The molecule has 1 N–H and O–H groups in total. The zero-order valence-electron chi connectivity index (χ0n) is 10.9. The Morgan fingerprint density at radius 1 is 1.33 bits per heavy atom. The third-order valence-corrected chi connectivity index (χ3v) is 3.56. The van der Waals surface area contributed by atoms with Crippen LogP contribution in [0.15, 0.2) is 40.9 Å². The van der Waals surface area contributed by atoms with E-state index in [4.69, 9.17) is 0 Å². The van der Waals surface area contributed by atoms with E-state index >= 15 is 0 Å². The molecule has 0 aromatic heterocycles. The van der Waals surface area contributed by atoms with Crippen LogP contribution in [0.25, 0.3) is 0 Å². The van der Waals surface area contributed by atoms with Crippen LogP contribution in [0.5, 0.6) is 0 Å². The van der Waals surface area contributed by atoms with Gasteiger partial charge in [0, 0.05) is 16.6 Å². The second-order valence-corrected chi connectivity index (χ2v) is 5.16. The summed E-state index contributed by atoms with van der Waals surface area (Å²) in [7, 11) is 0. The number of para-hydroxylation sites is 1. The number of halogens is 2.